The average molecular weight is 338 g/mol. The number of fused-ring (bicyclic) bond motifs is 1. The number of nitrogens with one attached hydrogen (secondary N) is 2. The number of amides is 1. The molecule has 2 heterocycles. The summed E-state index contributed by atoms with van der Waals surface area (Å²) in [5.74, 6) is -0.214. The topological polar surface area (TPSA) is 75.1 Å². The van der Waals surface area contributed by atoms with Crippen LogP contribution in [0, 0.1) is 5.82 Å². The van der Waals surface area contributed by atoms with Crippen LogP contribution in [0.1, 0.15) is 33.9 Å². The molecule has 3 aromatic rings. The monoisotopic (exact) mass is 338 g/mol. The number of pyridine rings is 1. The number of hydrogen-bond donors (Lipinski definition) is 2. The van der Waals surface area contributed by atoms with Crippen LogP contribution >= 0.6 is 0 Å². The standard InChI is InChI=1S/C19H15FN2O3/c20-14-4-1-3-12-11(14)6-8-15(12)21-18(23)13-7-9-16(22-19(13)24)17-5-2-10-25-17/h1-5,7,9-10,15H,6,8H2,(H,21,23)(H,22,24). The minimum atomic E-state index is -0.496. The van der Waals surface area contributed by atoms with Crippen LogP contribution in [-0.2, 0) is 6.42 Å². The smallest absolute Gasteiger partial charge is 0.261 e. The van der Waals surface area contributed by atoms with Gasteiger partial charge in [0.25, 0.3) is 11.5 Å². The van der Waals surface area contributed by atoms with Crippen molar-refractivity contribution in [2.75, 3.05) is 0 Å². The first-order chi connectivity index (χ1) is 12.1. The fourth-order valence-electron chi connectivity index (χ4n) is 3.22. The maximum atomic E-state index is 13.8. The summed E-state index contributed by atoms with van der Waals surface area (Å²) in [7, 11) is 0. The second-order valence-corrected chi connectivity index (χ2v) is 5.96. The Kier molecular flexibility index (Phi) is 3.72. The minimum absolute atomic E-state index is 0.0140. The Labute approximate surface area is 142 Å². The molecule has 4 rings (SSSR count). The molecule has 2 N–H and O–H groups in total. The molecule has 126 valence electrons. The molecule has 1 atom stereocenters. The van der Waals surface area contributed by atoms with E-state index >= 15 is 0 Å². The molecule has 0 bridgehead atoms. The molecule has 5 nitrogen and oxygen atoms in total. The Hall–Kier alpha value is -3.15. The molecule has 2 aromatic heterocycles. The molecule has 6 heteroatoms. The highest BCUT2D eigenvalue weighted by Crippen LogP contribution is 2.32. The Morgan fingerprint density at radius 3 is 2.84 bits per heavy atom. The summed E-state index contributed by atoms with van der Waals surface area (Å²) in [4.78, 5) is 27.3. The molecule has 0 saturated heterocycles. The minimum Gasteiger partial charge on any atom is -0.463 e. The lowest BCUT2D eigenvalue weighted by Crippen LogP contribution is -2.32. The van der Waals surface area contributed by atoms with E-state index < -0.39 is 11.5 Å². The highest BCUT2D eigenvalue weighted by molar-refractivity contribution is 5.94. The van der Waals surface area contributed by atoms with Gasteiger partial charge in [0.2, 0.25) is 0 Å². The molecule has 1 aliphatic rings. The summed E-state index contributed by atoms with van der Waals surface area (Å²) in [6, 6.07) is 11.1. The molecule has 1 amide bonds. The SMILES string of the molecule is O=C(NC1CCc2c(F)cccc21)c1ccc(-c2ccco2)[nH]c1=O. The zero-order valence-corrected chi connectivity index (χ0v) is 13.2. The Bertz CT molecular complexity index is 992. The molecular formula is C19H15FN2O3. The summed E-state index contributed by atoms with van der Waals surface area (Å²) in [5.41, 5.74) is 1.43. The first kappa shape index (κ1) is 15.4. The van der Waals surface area contributed by atoms with E-state index in [0.29, 0.717) is 29.9 Å². The van der Waals surface area contributed by atoms with E-state index in [2.05, 4.69) is 10.3 Å². The predicted octanol–water partition coefficient (Wildman–Crippen LogP) is 3.19. The molecule has 1 unspecified atom stereocenters. The van der Waals surface area contributed by atoms with E-state index in [1.54, 1.807) is 30.3 Å². The van der Waals surface area contributed by atoms with Gasteiger partial charge in [-0.1, -0.05) is 12.1 Å². The molecule has 0 radical (unpaired) electrons. The van der Waals surface area contributed by atoms with E-state index in [-0.39, 0.29) is 17.4 Å². The second kappa shape index (κ2) is 6.05. The van der Waals surface area contributed by atoms with Crippen LogP contribution < -0.4 is 10.9 Å². The van der Waals surface area contributed by atoms with Gasteiger partial charge in [-0.15, -0.1) is 0 Å². The second-order valence-electron chi connectivity index (χ2n) is 5.96. The fraction of sp³-hybridized carbons (Fsp3) is 0.158. The van der Waals surface area contributed by atoms with Gasteiger partial charge in [-0.3, -0.25) is 9.59 Å². The third kappa shape index (κ3) is 2.76. The van der Waals surface area contributed by atoms with Crippen LogP contribution in [-0.4, -0.2) is 10.9 Å². The number of carbonyl (C=O) groups is 1. The van der Waals surface area contributed by atoms with Crippen LogP contribution in [0.4, 0.5) is 4.39 Å². The van der Waals surface area contributed by atoms with Crippen LogP contribution in [0.5, 0.6) is 0 Å². The fourth-order valence-corrected chi connectivity index (χ4v) is 3.22. The molecule has 1 aromatic carbocycles. The maximum Gasteiger partial charge on any atom is 0.261 e. The summed E-state index contributed by atoms with van der Waals surface area (Å²) in [5, 5.41) is 2.82. The average Bonchev–Trinajstić information content (AvgIpc) is 3.26. The number of hydrogen-bond acceptors (Lipinski definition) is 3. The van der Waals surface area contributed by atoms with Gasteiger partial charge < -0.3 is 14.7 Å². The first-order valence-corrected chi connectivity index (χ1v) is 7.99. The Balaban J connectivity index is 1.57. The lowest BCUT2D eigenvalue weighted by molar-refractivity contribution is 0.0935. The van der Waals surface area contributed by atoms with Crippen molar-refractivity contribution < 1.29 is 13.6 Å². The van der Waals surface area contributed by atoms with Gasteiger partial charge in [0.05, 0.1) is 18.0 Å². The van der Waals surface area contributed by atoms with Crippen LogP contribution in [0.25, 0.3) is 11.5 Å². The highest BCUT2D eigenvalue weighted by Gasteiger charge is 2.27. The summed E-state index contributed by atoms with van der Waals surface area (Å²) >= 11 is 0. The third-order valence-corrected chi connectivity index (χ3v) is 4.46. The summed E-state index contributed by atoms with van der Waals surface area (Å²) < 4.78 is 19.0. The molecule has 0 aliphatic heterocycles. The molecule has 0 saturated carbocycles. The van der Waals surface area contributed by atoms with E-state index in [9.17, 15) is 14.0 Å². The molecule has 25 heavy (non-hydrogen) atoms. The van der Waals surface area contributed by atoms with Gasteiger partial charge in [0, 0.05) is 0 Å². The normalized spacial score (nSPS) is 15.8. The van der Waals surface area contributed by atoms with E-state index in [4.69, 9.17) is 4.42 Å². The van der Waals surface area contributed by atoms with Crippen molar-refractivity contribution in [1.29, 1.82) is 0 Å². The van der Waals surface area contributed by atoms with Gasteiger partial charge in [-0.25, -0.2) is 4.39 Å². The Morgan fingerprint density at radius 2 is 2.08 bits per heavy atom. The van der Waals surface area contributed by atoms with Gasteiger partial charge in [0.1, 0.15) is 17.1 Å². The molecular weight excluding hydrogens is 323 g/mol. The van der Waals surface area contributed by atoms with Gasteiger partial charge in [-0.2, -0.15) is 0 Å². The van der Waals surface area contributed by atoms with Crippen molar-refractivity contribution >= 4 is 5.91 Å². The summed E-state index contributed by atoms with van der Waals surface area (Å²) in [6.07, 6.45) is 2.69. The van der Waals surface area contributed by atoms with Crippen molar-refractivity contribution in [1.82, 2.24) is 10.3 Å². The van der Waals surface area contributed by atoms with Gasteiger partial charge >= 0.3 is 0 Å². The van der Waals surface area contributed by atoms with Gasteiger partial charge in [-0.05, 0) is 54.3 Å². The highest BCUT2D eigenvalue weighted by atomic mass is 19.1. The molecule has 0 fully saturated rings. The summed E-state index contributed by atoms with van der Waals surface area (Å²) in [6.45, 7) is 0. The van der Waals surface area contributed by atoms with Crippen LogP contribution in [0.2, 0.25) is 0 Å². The number of H-pyrrole nitrogens is 1. The van der Waals surface area contributed by atoms with Crippen LogP contribution in [0.15, 0.2) is 57.9 Å². The largest absolute Gasteiger partial charge is 0.463 e. The third-order valence-electron chi connectivity index (χ3n) is 4.46. The van der Waals surface area contributed by atoms with E-state index in [1.165, 1.54) is 18.4 Å². The number of carbonyl (C=O) groups excluding carboxylic acids is 1. The lowest BCUT2D eigenvalue weighted by Gasteiger charge is -2.14. The van der Waals surface area contributed by atoms with Crippen molar-refractivity contribution in [3.8, 4) is 11.5 Å². The maximum absolute atomic E-state index is 13.8. The zero-order valence-electron chi connectivity index (χ0n) is 13.2. The van der Waals surface area contributed by atoms with Crippen LogP contribution in [0.3, 0.4) is 0 Å². The zero-order chi connectivity index (χ0) is 17.4. The van der Waals surface area contributed by atoms with Gasteiger partial charge in [0.15, 0.2) is 0 Å². The van der Waals surface area contributed by atoms with E-state index in [0.717, 1.165) is 5.56 Å². The number of aromatic nitrogens is 1. The van der Waals surface area contributed by atoms with Crippen molar-refractivity contribution in [3.63, 3.8) is 0 Å². The molecule has 1 aliphatic carbocycles. The lowest BCUT2D eigenvalue weighted by atomic mass is 10.1. The van der Waals surface area contributed by atoms with Crippen molar-refractivity contribution in [3.05, 3.63) is 81.6 Å². The number of furan rings is 1. The number of halogens is 1. The molecule has 0 spiro atoms. The van der Waals surface area contributed by atoms with Crippen molar-refractivity contribution in [2.45, 2.75) is 18.9 Å². The quantitative estimate of drug-likeness (QED) is 0.770. The number of benzene rings is 1. The Morgan fingerprint density at radius 1 is 1.20 bits per heavy atom. The first-order valence-electron chi connectivity index (χ1n) is 7.99. The van der Waals surface area contributed by atoms with Crippen molar-refractivity contribution in [2.24, 2.45) is 0 Å². The number of rotatable bonds is 3. The van der Waals surface area contributed by atoms with E-state index in [1.807, 2.05) is 0 Å². The predicted molar refractivity (Wildman–Crippen MR) is 89.7 cm³/mol. The number of aromatic amines is 1.